The SMILES string of the molecule is O=C(C1CCCN1C(=O)Cc1cccs1)N1CCN(Cc2ccc(Cl)s2)CC1. The first-order valence-electron chi connectivity index (χ1n) is 9.67. The summed E-state index contributed by atoms with van der Waals surface area (Å²) < 4.78 is 0.817. The van der Waals surface area contributed by atoms with Crippen LogP contribution in [0.4, 0.5) is 0 Å². The molecule has 5 nitrogen and oxygen atoms in total. The van der Waals surface area contributed by atoms with E-state index in [1.165, 1.54) is 4.88 Å². The Balaban J connectivity index is 1.30. The van der Waals surface area contributed by atoms with Gasteiger partial charge >= 0.3 is 0 Å². The lowest BCUT2D eigenvalue weighted by Gasteiger charge is -2.37. The van der Waals surface area contributed by atoms with Crippen molar-refractivity contribution in [2.45, 2.75) is 31.8 Å². The van der Waals surface area contributed by atoms with Crippen LogP contribution in [0.15, 0.2) is 29.6 Å². The zero-order valence-corrected chi connectivity index (χ0v) is 18.1. The van der Waals surface area contributed by atoms with Crippen molar-refractivity contribution in [3.05, 3.63) is 43.7 Å². The van der Waals surface area contributed by atoms with Gasteiger partial charge in [-0.15, -0.1) is 22.7 Å². The summed E-state index contributed by atoms with van der Waals surface area (Å²) in [6.07, 6.45) is 2.09. The molecule has 150 valence electrons. The maximum Gasteiger partial charge on any atom is 0.245 e. The lowest BCUT2D eigenvalue weighted by atomic mass is 10.1. The topological polar surface area (TPSA) is 43.9 Å². The molecule has 0 N–H and O–H groups in total. The summed E-state index contributed by atoms with van der Waals surface area (Å²) in [7, 11) is 0. The van der Waals surface area contributed by atoms with Gasteiger partial charge in [0, 0.05) is 49.0 Å². The molecule has 1 atom stereocenters. The minimum absolute atomic E-state index is 0.0755. The van der Waals surface area contributed by atoms with Gasteiger partial charge in [-0.25, -0.2) is 0 Å². The minimum atomic E-state index is -0.282. The van der Waals surface area contributed by atoms with Crippen LogP contribution in [-0.4, -0.2) is 65.3 Å². The number of likely N-dealkylation sites (tertiary alicyclic amines) is 1. The third-order valence-corrected chi connectivity index (χ3v) is 7.55. The zero-order chi connectivity index (χ0) is 19.5. The second-order valence-corrected chi connectivity index (χ2v) is 10.1. The summed E-state index contributed by atoms with van der Waals surface area (Å²) >= 11 is 9.22. The minimum Gasteiger partial charge on any atom is -0.338 e. The van der Waals surface area contributed by atoms with Crippen molar-refractivity contribution in [1.29, 1.82) is 0 Å². The molecular formula is C20H24ClN3O2S2. The normalized spacial score (nSPS) is 20.7. The summed E-state index contributed by atoms with van der Waals surface area (Å²) in [5.74, 6) is 0.197. The van der Waals surface area contributed by atoms with Crippen LogP contribution < -0.4 is 0 Å². The molecule has 2 saturated heterocycles. The van der Waals surface area contributed by atoms with E-state index in [-0.39, 0.29) is 17.9 Å². The van der Waals surface area contributed by atoms with Gasteiger partial charge in [0.2, 0.25) is 11.8 Å². The maximum absolute atomic E-state index is 13.1. The first kappa shape index (κ1) is 19.9. The van der Waals surface area contributed by atoms with Crippen LogP contribution in [0.3, 0.4) is 0 Å². The fraction of sp³-hybridized carbons (Fsp3) is 0.500. The fourth-order valence-corrected chi connectivity index (χ4v) is 5.81. The Bertz CT molecular complexity index is 815. The van der Waals surface area contributed by atoms with Gasteiger partial charge in [-0.2, -0.15) is 0 Å². The Kier molecular flexibility index (Phi) is 6.35. The molecule has 0 aromatic carbocycles. The Hall–Kier alpha value is -1.41. The standard InChI is InChI=1S/C20H24ClN3O2S2/c21-18-6-5-16(28-18)14-22-8-10-23(11-9-22)20(26)17-4-1-7-24(17)19(25)13-15-3-2-12-27-15/h2-3,5-6,12,17H,1,4,7-11,13-14H2. The van der Waals surface area contributed by atoms with Gasteiger partial charge in [0.15, 0.2) is 0 Å². The van der Waals surface area contributed by atoms with Crippen LogP contribution in [0.25, 0.3) is 0 Å². The third-order valence-electron chi connectivity index (χ3n) is 5.46. The average Bonchev–Trinajstić information content (AvgIpc) is 3.44. The summed E-state index contributed by atoms with van der Waals surface area (Å²) in [6, 6.07) is 7.66. The Morgan fingerprint density at radius 3 is 2.57 bits per heavy atom. The van der Waals surface area contributed by atoms with Gasteiger partial charge in [-0.3, -0.25) is 14.5 Å². The number of halogens is 1. The smallest absolute Gasteiger partial charge is 0.245 e. The fourth-order valence-electron chi connectivity index (χ4n) is 3.98. The lowest BCUT2D eigenvalue weighted by molar-refractivity contribution is -0.144. The summed E-state index contributed by atoms with van der Waals surface area (Å²) in [5.41, 5.74) is 0. The predicted octanol–water partition coefficient (Wildman–Crippen LogP) is 3.34. The number of hydrogen-bond donors (Lipinski definition) is 0. The molecule has 0 radical (unpaired) electrons. The summed E-state index contributed by atoms with van der Waals surface area (Å²) in [5, 5.41) is 1.98. The van der Waals surface area contributed by atoms with E-state index in [2.05, 4.69) is 11.0 Å². The highest BCUT2D eigenvalue weighted by Crippen LogP contribution is 2.25. The summed E-state index contributed by atoms with van der Waals surface area (Å²) in [4.78, 5) is 34.2. The second kappa shape index (κ2) is 8.95. The van der Waals surface area contributed by atoms with E-state index in [9.17, 15) is 9.59 Å². The number of rotatable bonds is 5. The van der Waals surface area contributed by atoms with Crippen molar-refractivity contribution in [3.8, 4) is 0 Å². The predicted molar refractivity (Wildman–Crippen MR) is 114 cm³/mol. The summed E-state index contributed by atoms with van der Waals surface area (Å²) in [6.45, 7) is 4.74. The molecule has 4 heterocycles. The molecule has 2 aliphatic heterocycles. The van der Waals surface area contributed by atoms with Crippen LogP contribution in [0.2, 0.25) is 4.34 Å². The number of carbonyl (C=O) groups is 2. The van der Waals surface area contributed by atoms with Gasteiger partial charge in [-0.1, -0.05) is 17.7 Å². The third kappa shape index (κ3) is 4.59. The number of amides is 2. The van der Waals surface area contributed by atoms with Crippen molar-refractivity contribution in [1.82, 2.24) is 14.7 Å². The number of piperazine rings is 1. The van der Waals surface area contributed by atoms with Crippen LogP contribution in [0.1, 0.15) is 22.6 Å². The molecule has 2 fully saturated rings. The zero-order valence-electron chi connectivity index (χ0n) is 15.7. The molecule has 0 spiro atoms. The molecule has 1 unspecified atom stereocenters. The Morgan fingerprint density at radius 2 is 1.89 bits per heavy atom. The van der Waals surface area contributed by atoms with Crippen molar-refractivity contribution in [2.75, 3.05) is 32.7 Å². The monoisotopic (exact) mass is 437 g/mol. The maximum atomic E-state index is 13.1. The largest absolute Gasteiger partial charge is 0.338 e. The van der Waals surface area contributed by atoms with Gasteiger partial charge in [0.25, 0.3) is 0 Å². The van der Waals surface area contributed by atoms with E-state index in [0.717, 1.165) is 54.8 Å². The van der Waals surface area contributed by atoms with E-state index in [1.807, 2.05) is 33.4 Å². The first-order valence-corrected chi connectivity index (χ1v) is 11.7. The van der Waals surface area contributed by atoms with E-state index in [4.69, 9.17) is 11.6 Å². The highest BCUT2D eigenvalue weighted by Gasteiger charge is 2.37. The molecule has 4 rings (SSSR count). The molecule has 2 amide bonds. The molecule has 2 aromatic rings. The van der Waals surface area contributed by atoms with Gasteiger partial charge in [0.1, 0.15) is 6.04 Å². The van der Waals surface area contributed by atoms with Crippen LogP contribution >= 0.6 is 34.3 Å². The van der Waals surface area contributed by atoms with Gasteiger partial charge < -0.3 is 9.80 Å². The van der Waals surface area contributed by atoms with E-state index >= 15 is 0 Å². The van der Waals surface area contributed by atoms with Gasteiger partial charge in [-0.05, 0) is 36.4 Å². The second-order valence-electron chi connectivity index (χ2n) is 7.31. The molecule has 0 saturated carbocycles. The number of thiophene rings is 2. The Labute approximate surface area is 178 Å². The van der Waals surface area contributed by atoms with Crippen LogP contribution in [0.5, 0.6) is 0 Å². The van der Waals surface area contributed by atoms with Crippen molar-refractivity contribution < 1.29 is 9.59 Å². The van der Waals surface area contributed by atoms with E-state index < -0.39 is 0 Å². The highest BCUT2D eigenvalue weighted by atomic mass is 35.5. The van der Waals surface area contributed by atoms with E-state index in [1.54, 1.807) is 22.7 Å². The lowest BCUT2D eigenvalue weighted by Crippen LogP contribution is -2.54. The Morgan fingerprint density at radius 1 is 1.07 bits per heavy atom. The van der Waals surface area contributed by atoms with Crippen LogP contribution in [-0.2, 0) is 22.6 Å². The van der Waals surface area contributed by atoms with Crippen molar-refractivity contribution >= 4 is 46.1 Å². The quantitative estimate of drug-likeness (QED) is 0.720. The first-order chi connectivity index (χ1) is 13.6. The van der Waals surface area contributed by atoms with Gasteiger partial charge in [0.05, 0.1) is 10.8 Å². The van der Waals surface area contributed by atoms with Crippen molar-refractivity contribution in [3.63, 3.8) is 0 Å². The number of nitrogens with zero attached hydrogens (tertiary/aromatic N) is 3. The average molecular weight is 438 g/mol. The molecule has 2 aliphatic rings. The molecule has 8 heteroatoms. The number of carbonyl (C=O) groups excluding carboxylic acids is 2. The highest BCUT2D eigenvalue weighted by molar-refractivity contribution is 7.16. The molecule has 0 bridgehead atoms. The van der Waals surface area contributed by atoms with Crippen LogP contribution in [0, 0.1) is 0 Å². The molecule has 28 heavy (non-hydrogen) atoms. The molecular weight excluding hydrogens is 414 g/mol. The molecule has 2 aromatic heterocycles. The molecule has 0 aliphatic carbocycles. The van der Waals surface area contributed by atoms with Crippen molar-refractivity contribution in [2.24, 2.45) is 0 Å². The van der Waals surface area contributed by atoms with E-state index in [0.29, 0.717) is 13.0 Å². The number of hydrogen-bond acceptors (Lipinski definition) is 5.